The number of rotatable bonds is 5. The number of hydrogen-bond acceptors (Lipinski definition) is 3. The first-order valence-electron chi connectivity index (χ1n) is 11.7. The van der Waals surface area contributed by atoms with Gasteiger partial charge in [-0.25, -0.2) is 0 Å². The van der Waals surface area contributed by atoms with Gasteiger partial charge in [-0.15, -0.1) is 0 Å². The first-order chi connectivity index (χ1) is 16.7. The number of amides is 2. The number of carbonyl (C=O) groups excluding carboxylic acids is 2. The van der Waals surface area contributed by atoms with Crippen molar-refractivity contribution in [1.82, 2.24) is 15.1 Å². The molecule has 0 spiro atoms. The molecule has 2 aromatic carbocycles. The van der Waals surface area contributed by atoms with Crippen molar-refractivity contribution in [3.05, 3.63) is 81.7 Å². The number of aryl methyl sites for hydroxylation is 3. The fraction of sp³-hybridized carbons (Fsp3) is 0.346. The third-order valence-electron chi connectivity index (χ3n) is 6.80. The van der Waals surface area contributed by atoms with Gasteiger partial charge in [0.05, 0.1) is 17.8 Å². The van der Waals surface area contributed by atoms with Gasteiger partial charge < -0.3 is 9.80 Å². The van der Waals surface area contributed by atoms with Gasteiger partial charge in [-0.05, 0) is 73.6 Å². The van der Waals surface area contributed by atoms with Crippen LogP contribution < -0.4 is 4.90 Å². The summed E-state index contributed by atoms with van der Waals surface area (Å²) in [7, 11) is 0. The lowest BCUT2D eigenvalue weighted by Crippen LogP contribution is -2.28. The molecule has 1 saturated heterocycles. The average molecular weight is 483 g/mol. The molecule has 0 unspecified atom stereocenters. The van der Waals surface area contributed by atoms with E-state index >= 15 is 0 Å². The van der Waals surface area contributed by atoms with E-state index in [0.29, 0.717) is 31.6 Å². The van der Waals surface area contributed by atoms with Crippen molar-refractivity contribution < 1.29 is 22.8 Å². The van der Waals surface area contributed by atoms with E-state index < -0.39 is 23.6 Å². The molecule has 1 fully saturated rings. The van der Waals surface area contributed by atoms with Gasteiger partial charge in [-0.2, -0.15) is 18.3 Å². The number of nitrogens with one attached hydrogen (secondary N) is 1. The fourth-order valence-corrected chi connectivity index (χ4v) is 4.87. The number of H-pyrrole nitrogens is 1. The van der Waals surface area contributed by atoms with Crippen LogP contribution in [0.25, 0.3) is 0 Å². The molecule has 0 saturated carbocycles. The second-order valence-corrected chi connectivity index (χ2v) is 9.12. The zero-order chi connectivity index (χ0) is 24.7. The summed E-state index contributed by atoms with van der Waals surface area (Å²) in [6.45, 7) is 2.81. The van der Waals surface area contributed by atoms with Crippen LogP contribution in [0.15, 0.2) is 42.6 Å². The lowest BCUT2D eigenvalue weighted by molar-refractivity contribution is -0.138. The van der Waals surface area contributed by atoms with Crippen molar-refractivity contribution in [2.45, 2.75) is 45.3 Å². The van der Waals surface area contributed by atoms with E-state index in [0.717, 1.165) is 35.7 Å². The molecule has 0 radical (unpaired) electrons. The summed E-state index contributed by atoms with van der Waals surface area (Å²) in [5, 5.41) is 7.06. The first-order valence-corrected chi connectivity index (χ1v) is 11.7. The van der Waals surface area contributed by atoms with Gasteiger partial charge in [0, 0.05) is 36.1 Å². The van der Waals surface area contributed by atoms with Crippen LogP contribution in [0.3, 0.4) is 0 Å². The quantitative estimate of drug-likeness (QED) is 0.561. The van der Waals surface area contributed by atoms with Crippen LogP contribution in [0.5, 0.6) is 0 Å². The van der Waals surface area contributed by atoms with Crippen molar-refractivity contribution in [2.75, 3.05) is 18.0 Å². The molecule has 6 nitrogen and oxygen atoms in total. The molecule has 9 heteroatoms. The Labute approximate surface area is 200 Å². The maximum atomic E-state index is 14.0. The predicted octanol–water partition coefficient (Wildman–Crippen LogP) is 4.92. The van der Waals surface area contributed by atoms with Crippen LogP contribution in [0, 0.1) is 6.92 Å². The van der Waals surface area contributed by atoms with E-state index in [1.807, 2.05) is 25.3 Å². The van der Waals surface area contributed by atoms with Crippen LogP contribution in [0.2, 0.25) is 0 Å². The zero-order valence-electron chi connectivity index (χ0n) is 19.3. The summed E-state index contributed by atoms with van der Waals surface area (Å²) < 4.78 is 42.0. The monoisotopic (exact) mass is 482 g/mol. The van der Waals surface area contributed by atoms with E-state index in [-0.39, 0.29) is 23.2 Å². The van der Waals surface area contributed by atoms with Gasteiger partial charge in [-0.1, -0.05) is 12.1 Å². The number of benzene rings is 2. The summed E-state index contributed by atoms with van der Waals surface area (Å²) in [6.07, 6.45) is 0.179. The second kappa shape index (κ2) is 8.87. The van der Waals surface area contributed by atoms with Gasteiger partial charge in [0.15, 0.2) is 0 Å². The number of nitrogens with zero attached hydrogens (tertiary/aromatic N) is 3. The molecule has 182 valence electrons. The minimum absolute atomic E-state index is 0.0556. The molecule has 3 aromatic rings. The first kappa shape index (κ1) is 23.1. The molecule has 35 heavy (non-hydrogen) atoms. The molecule has 3 heterocycles. The molecule has 0 bridgehead atoms. The number of likely N-dealkylation sites (tertiary alicyclic amines) is 1. The normalized spacial score (nSPS) is 15.7. The van der Waals surface area contributed by atoms with Crippen LogP contribution >= 0.6 is 0 Å². The highest BCUT2D eigenvalue weighted by Crippen LogP contribution is 2.40. The Morgan fingerprint density at radius 3 is 2.57 bits per heavy atom. The number of fused-ring (bicyclic) bond motifs is 1. The number of anilines is 1. The second-order valence-electron chi connectivity index (χ2n) is 9.12. The van der Waals surface area contributed by atoms with Crippen molar-refractivity contribution in [3.8, 4) is 0 Å². The van der Waals surface area contributed by atoms with Gasteiger partial charge in [-0.3, -0.25) is 14.7 Å². The van der Waals surface area contributed by atoms with E-state index in [1.165, 1.54) is 11.0 Å². The van der Waals surface area contributed by atoms with Gasteiger partial charge in [0.25, 0.3) is 11.8 Å². The Balaban J connectivity index is 1.44. The van der Waals surface area contributed by atoms with Crippen molar-refractivity contribution in [1.29, 1.82) is 0 Å². The zero-order valence-corrected chi connectivity index (χ0v) is 19.3. The van der Waals surface area contributed by atoms with Crippen LogP contribution in [-0.4, -0.2) is 40.0 Å². The summed E-state index contributed by atoms with van der Waals surface area (Å²) in [6, 6.07) is 9.50. The fourth-order valence-electron chi connectivity index (χ4n) is 4.87. The van der Waals surface area contributed by atoms with Crippen LogP contribution in [0.1, 0.15) is 61.5 Å². The SMILES string of the molecule is Cc1c[nH]nc1CCc1cccc(N2Cc3c(cc(C(=O)N4CCCC4)cc3C(F)(F)F)C2=O)c1. The van der Waals surface area contributed by atoms with Gasteiger partial charge >= 0.3 is 6.18 Å². The Hall–Kier alpha value is -3.62. The highest BCUT2D eigenvalue weighted by atomic mass is 19.4. The smallest absolute Gasteiger partial charge is 0.339 e. The number of aromatic nitrogens is 2. The Morgan fingerprint density at radius 2 is 1.89 bits per heavy atom. The number of halogens is 3. The minimum Gasteiger partial charge on any atom is -0.339 e. The topological polar surface area (TPSA) is 69.3 Å². The molecule has 1 aromatic heterocycles. The molecule has 0 atom stereocenters. The van der Waals surface area contributed by atoms with E-state index in [9.17, 15) is 22.8 Å². The summed E-state index contributed by atoms with van der Waals surface area (Å²) >= 11 is 0. The Morgan fingerprint density at radius 1 is 1.11 bits per heavy atom. The summed E-state index contributed by atoms with van der Waals surface area (Å²) in [5.74, 6) is -0.987. The third-order valence-corrected chi connectivity index (χ3v) is 6.80. The van der Waals surface area contributed by atoms with Gasteiger partial charge in [0.1, 0.15) is 0 Å². The average Bonchev–Trinajstić information content (AvgIpc) is 3.57. The molecular weight excluding hydrogens is 457 g/mol. The number of alkyl halides is 3. The van der Waals surface area contributed by atoms with Crippen molar-refractivity contribution in [3.63, 3.8) is 0 Å². The molecule has 2 aliphatic heterocycles. The molecule has 2 amide bonds. The van der Waals surface area contributed by atoms with E-state index in [4.69, 9.17) is 0 Å². The standard InChI is InChI=1S/C26H25F3N4O2/c1-16-14-30-31-23(16)8-7-17-5-4-6-19(11-17)33-15-21-20(25(33)35)12-18(13-22(21)26(27,28)29)24(34)32-9-2-3-10-32/h4-6,11-14H,2-3,7-10,15H2,1H3,(H,30,31). The van der Waals surface area contributed by atoms with Gasteiger partial charge in [0.2, 0.25) is 0 Å². The lowest BCUT2D eigenvalue weighted by atomic mass is 9.98. The molecule has 0 aliphatic carbocycles. The molecular formula is C26H25F3N4O2. The minimum atomic E-state index is -4.68. The predicted molar refractivity (Wildman–Crippen MR) is 124 cm³/mol. The largest absolute Gasteiger partial charge is 0.416 e. The van der Waals surface area contributed by atoms with Crippen LogP contribution in [0.4, 0.5) is 18.9 Å². The summed E-state index contributed by atoms with van der Waals surface area (Å²) in [5.41, 5.74) is 2.35. The third kappa shape index (κ3) is 4.42. The molecule has 2 aliphatic rings. The Bertz CT molecular complexity index is 1290. The lowest BCUT2D eigenvalue weighted by Gasteiger charge is -2.18. The molecule has 1 N–H and O–H groups in total. The highest BCUT2D eigenvalue weighted by Gasteiger charge is 2.41. The number of carbonyl (C=O) groups is 2. The number of aromatic amines is 1. The Kier molecular flexibility index (Phi) is 5.86. The maximum absolute atomic E-state index is 14.0. The summed E-state index contributed by atoms with van der Waals surface area (Å²) in [4.78, 5) is 29.0. The van der Waals surface area contributed by atoms with E-state index in [1.54, 1.807) is 17.0 Å². The van der Waals surface area contributed by atoms with E-state index in [2.05, 4.69) is 10.2 Å². The molecule has 5 rings (SSSR count). The van der Waals surface area contributed by atoms with Crippen LogP contribution in [-0.2, 0) is 25.6 Å². The highest BCUT2D eigenvalue weighted by molar-refractivity contribution is 6.11. The van der Waals surface area contributed by atoms with Crippen molar-refractivity contribution in [2.24, 2.45) is 0 Å². The maximum Gasteiger partial charge on any atom is 0.416 e. The van der Waals surface area contributed by atoms with Crippen molar-refractivity contribution >= 4 is 17.5 Å². The number of hydrogen-bond donors (Lipinski definition) is 1.